The maximum atomic E-state index is 12.2. The molecule has 1 aromatic rings. The maximum absolute atomic E-state index is 12.2. The number of ether oxygens (including phenoxy) is 2. The first-order chi connectivity index (χ1) is 11.6. The molecule has 0 spiro atoms. The van der Waals surface area contributed by atoms with Gasteiger partial charge in [-0.2, -0.15) is 0 Å². The fourth-order valence-corrected chi connectivity index (χ4v) is 2.41. The number of benzene rings is 1. The van der Waals surface area contributed by atoms with E-state index >= 15 is 0 Å². The lowest BCUT2D eigenvalue weighted by Crippen LogP contribution is -2.34. The quantitative estimate of drug-likeness (QED) is 0.712. The molecular weight excluding hydrogens is 306 g/mol. The molecule has 0 fully saturated rings. The van der Waals surface area contributed by atoms with Crippen molar-refractivity contribution in [2.75, 3.05) is 51.8 Å². The molecule has 0 radical (unpaired) electrons. The van der Waals surface area contributed by atoms with Gasteiger partial charge in [-0.05, 0) is 39.1 Å². The van der Waals surface area contributed by atoms with Crippen molar-refractivity contribution in [3.8, 4) is 11.5 Å². The van der Waals surface area contributed by atoms with Gasteiger partial charge in [-0.25, -0.2) is 4.79 Å². The van der Waals surface area contributed by atoms with Crippen LogP contribution in [0.2, 0.25) is 0 Å². The molecule has 0 saturated carbocycles. The number of likely N-dealkylation sites (N-methyl/N-ethyl adjacent to an activating group) is 1. The topological polar surface area (TPSA) is 54.0 Å². The molecule has 6 heteroatoms. The van der Waals surface area contributed by atoms with Crippen LogP contribution < -0.4 is 14.8 Å². The van der Waals surface area contributed by atoms with E-state index in [2.05, 4.69) is 24.1 Å². The molecule has 0 aliphatic rings. The number of urea groups is 1. The molecule has 24 heavy (non-hydrogen) atoms. The summed E-state index contributed by atoms with van der Waals surface area (Å²) in [6.07, 6.45) is 0. The summed E-state index contributed by atoms with van der Waals surface area (Å²) in [6, 6.07) is 5.32. The highest BCUT2D eigenvalue weighted by Crippen LogP contribution is 2.30. The van der Waals surface area contributed by atoms with E-state index in [1.807, 2.05) is 32.0 Å². The third kappa shape index (κ3) is 5.92. The Bertz CT molecular complexity index is 500. The lowest BCUT2D eigenvalue weighted by Gasteiger charge is -2.21. The number of amides is 2. The van der Waals surface area contributed by atoms with Crippen LogP contribution in [0.25, 0.3) is 0 Å². The van der Waals surface area contributed by atoms with Crippen LogP contribution in [0, 0.1) is 0 Å². The second-order valence-electron chi connectivity index (χ2n) is 5.34. The van der Waals surface area contributed by atoms with Crippen molar-refractivity contribution in [3.63, 3.8) is 0 Å². The van der Waals surface area contributed by atoms with E-state index in [4.69, 9.17) is 9.47 Å². The molecule has 0 aliphatic carbocycles. The van der Waals surface area contributed by atoms with Crippen molar-refractivity contribution in [2.45, 2.75) is 27.7 Å². The normalized spacial score (nSPS) is 10.6. The van der Waals surface area contributed by atoms with Gasteiger partial charge in [-0.15, -0.1) is 0 Å². The van der Waals surface area contributed by atoms with Gasteiger partial charge >= 0.3 is 6.03 Å². The Morgan fingerprint density at radius 3 is 2.25 bits per heavy atom. The van der Waals surface area contributed by atoms with Gasteiger partial charge in [0.1, 0.15) is 6.61 Å². The molecule has 0 heterocycles. The first-order valence-electron chi connectivity index (χ1n) is 8.68. The van der Waals surface area contributed by atoms with Crippen LogP contribution in [-0.2, 0) is 0 Å². The molecule has 1 N–H and O–H groups in total. The summed E-state index contributed by atoms with van der Waals surface area (Å²) in [6.45, 7) is 12.9. The standard InChI is InChI=1S/C18H31N3O3/c1-6-20(7-2)12-13-24-17-14-15(10-11-16(17)23-5)19-18(22)21(8-3)9-4/h10-11,14H,6-9,12-13H2,1-5H3,(H,19,22). The van der Waals surface area contributed by atoms with Crippen LogP contribution in [0.1, 0.15) is 27.7 Å². The predicted octanol–water partition coefficient (Wildman–Crippen LogP) is 3.29. The zero-order valence-corrected chi connectivity index (χ0v) is 15.6. The number of nitrogens with one attached hydrogen (secondary N) is 1. The van der Waals surface area contributed by atoms with Gasteiger partial charge in [0.25, 0.3) is 0 Å². The summed E-state index contributed by atoms with van der Waals surface area (Å²) in [5, 5.41) is 2.90. The van der Waals surface area contributed by atoms with E-state index in [1.54, 1.807) is 12.0 Å². The Balaban J connectivity index is 2.75. The van der Waals surface area contributed by atoms with Crippen molar-refractivity contribution in [1.29, 1.82) is 0 Å². The van der Waals surface area contributed by atoms with Gasteiger partial charge in [0.05, 0.1) is 7.11 Å². The molecule has 1 rings (SSSR count). The third-order valence-electron chi connectivity index (χ3n) is 4.03. The second kappa shape index (κ2) is 10.8. The predicted molar refractivity (Wildman–Crippen MR) is 98.2 cm³/mol. The van der Waals surface area contributed by atoms with Gasteiger partial charge in [-0.3, -0.25) is 0 Å². The minimum atomic E-state index is -0.112. The number of methoxy groups -OCH3 is 1. The third-order valence-corrected chi connectivity index (χ3v) is 4.03. The number of nitrogens with zero attached hydrogens (tertiary/aromatic N) is 2. The molecule has 0 aliphatic heterocycles. The van der Waals surface area contributed by atoms with Crippen LogP contribution in [-0.4, -0.2) is 62.3 Å². The highest BCUT2D eigenvalue weighted by molar-refractivity contribution is 5.89. The van der Waals surface area contributed by atoms with Crippen LogP contribution in [0.5, 0.6) is 11.5 Å². The summed E-state index contributed by atoms with van der Waals surface area (Å²) < 4.78 is 11.2. The minimum Gasteiger partial charge on any atom is -0.493 e. The Morgan fingerprint density at radius 1 is 1.04 bits per heavy atom. The summed E-state index contributed by atoms with van der Waals surface area (Å²) >= 11 is 0. The Labute approximate surface area is 145 Å². The molecule has 1 aromatic carbocycles. The monoisotopic (exact) mass is 337 g/mol. The van der Waals surface area contributed by atoms with E-state index in [1.165, 1.54) is 0 Å². The Morgan fingerprint density at radius 2 is 1.71 bits per heavy atom. The number of carbonyl (C=O) groups is 1. The first-order valence-corrected chi connectivity index (χ1v) is 8.68. The molecule has 0 bridgehead atoms. The molecule has 0 atom stereocenters. The molecule has 0 saturated heterocycles. The van der Waals surface area contributed by atoms with Crippen LogP contribution in [0.15, 0.2) is 18.2 Å². The number of anilines is 1. The van der Waals surface area contributed by atoms with Gasteiger partial charge in [0.15, 0.2) is 11.5 Å². The number of hydrogen-bond donors (Lipinski definition) is 1. The zero-order valence-electron chi connectivity index (χ0n) is 15.6. The van der Waals surface area contributed by atoms with E-state index in [-0.39, 0.29) is 6.03 Å². The van der Waals surface area contributed by atoms with Gasteiger partial charge in [0.2, 0.25) is 0 Å². The number of carbonyl (C=O) groups excluding carboxylic acids is 1. The molecule has 6 nitrogen and oxygen atoms in total. The molecular formula is C18H31N3O3. The smallest absolute Gasteiger partial charge is 0.321 e. The van der Waals surface area contributed by atoms with Crippen molar-refractivity contribution >= 4 is 11.7 Å². The summed E-state index contributed by atoms with van der Waals surface area (Å²) in [7, 11) is 1.61. The van der Waals surface area contributed by atoms with Crippen molar-refractivity contribution in [2.24, 2.45) is 0 Å². The minimum absolute atomic E-state index is 0.112. The number of hydrogen-bond acceptors (Lipinski definition) is 4. The van der Waals surface area contributed by atoms with E-state index < -0.39 is 0 Å². The highest BCUT2D eigenvalue weighted by atomic mass is 16.5. The highest BCUT2D eigenvalue weighted by Gasteiger charge is 2.12. The fourth-order valence-electron chi connectivity index (χ4n) is 2.41. The van der Waals surface area contributed by atoms with Crippen molar-refractivity contribution in [1.82, 2.24) is 9.80 Å². The van der Waals surface area contributed by atoms with Gasteiger partial charge in [0, 0.05) is 31.4 Å². The van der Waals surface area contributed by atoms with Gasteiger partial charge in [-0.1, -0.05) is 13.8 Å². The van der Waals surface area contributed by atoms with Crippen LogP contribution in [0.4, 0.5) is 10.5 Å². The SMILES string of the molecule is CCN(CC)CCOc1cc(NC(=O)N(CC)CC)ccc1OC. The van der Waals surface area contributed by atoms with Crippen LogP contribution >= 0.6 is 0 Å². The van der Waals surface area contributed by atoms with E-state index in [0.29, 0.717) is 36.9 Å². The van der Waals surface area contributed by atoms with Crippen LogP contribution in [0.3, 0.4) is 0 Å². The first kappa shape index (κ1) is 20.1. The molecule has 0 aromatic heterocycles. The Kier molecular flexibility index (Phi) is 9.01. The average Bonchev–Trinajstić information content (AvgIpc) is 2.60. The van der Waals surface area contributed by atoms with Gasteiger partial charge < -0.3 is 24.6 Å². The average molecular weight is 337 g/mol. The van der Waals surface area contributed by atoms with E-state index in [9.17, 15) is 4.79 Å². The zero-order chi connectivity index (χ0) is 17.9. The maximum Gasteiger partial charge on any atom is 0.321 e. The lowest BCUT2D eigenvalue weighted by atomic mass is 10.2. The summed E-state index contributed by atoms with van der Waals surface area (Å²) in [4.78, 5) is 16.2. The lowest BCUT2D eigenvalue weighted by molar-refractivity contribution is 0.216. The van der Waals surface area contributed by atoms with E-state index in [0.717, 1.165) is 19.6 Å². The van der Waals surface area contributed by atoms with Crippen molar-refractivity contribution in [3.05, 3.63) is 18.2 Å². The molecule has 2 amide bonds. The molecule has 0 unspecified atom stereocenters. The Hall–Kier alpha value is -1.95. The second-order valence-corrected chi connectivity index (χ2v) is 5.34. The van der Waals surface area contributed by atoms with Crippen molar-refractivity contribution < 1.29 is 14.3 Å². The fraction of sp³-hybridized carbons (Fsp3) is 0.611. The summed E-state index contributed by atoms with van der Waals surface area (Å²) in [5.74, 6) is 1.30. The number of rotatable bonds is 10. The largest absolute Gasteiger partial charge is 0.493 e. The summed E-state index contributed by atoms with van der Waals surface area (Å²) in [5.41, 5.74) is 0.700. The molecule has 136 valence electrons.